The zero-order valence-corrected chi connectivity index (χ0v) is 14.5. The Bertz CT molecular complexity index is 605. The first-order valence-corrected chi connectivity index (χ1v) is 9.38. The molecule has 0 bridgehead atoms. The predicted molar refractivity (Wildman–Crippen MR) is 85.2 cm³/mol. The number of halogens is 2. The molecule has 1 saturated carbocycles. The smallest absolute Gasteiger partial charge is 0.242 e. The average Bonchev–Trinajstić information content (AvgIpc) is 2.41. The summed E-state index contributed by atoms with van der Waals surface area (Å²) in [6.45, 7) is 4.27. The Labute approximate surface area is 136 Å². The van der Waals surface area contributed by atoms with Crippen LogP contribution in [0.1, 0.15) is 39.5 Å². The molecule has 2 unspecified atom stereocenters. The molecule has 1 aromatic rings. The molecule has 7 heteroatoms. The van der Waals surface area contributed by atoms with E-state index >= 15 is 0 Å². The van der Waals surface area contributed by atoms with Gasteiger partial charge in [-0.1, -0.05) is 49.9 Å². The highest BCUT2D eigenvalue weighted by molar-refractivity contribution is 7.89. The summed E-state index contributed by atoms with van der Waals surface area (Å²) < 4.78 is 27.8. The Kier molecular flexibility index (Phi) is 5.52. The van der Waals surface area contributed by atoms with Gasteiger partial charge in [-0.2, -0.15) is 0 Å². The molecule has 0 radical (unpaired) electrons. The molecule has 0 aliphatic heterocycles. The highest BCUT2D eigenvalue weighted by Crippen LogP contribution is 2.31. The molecule has 118 valence electrons. The van der Waals surface area contributed by atoms with Gasteiger partial charge in [-0.05, 0) is 30.7 Å². The van der Waals surface area contributed by atoms with Gasteiger partial charge in [0.25, 0.3) is 0 Å². The predicted octanol–water partition coefficient (Wildman–Crippen LogP) is 3.88. The van der Waals surface area contributed by atoms with Crippen LogP contribution in [0.15, 0.2) is 17.2 Å². The first kappa shape index (κ1) is 17.0. The Morgan fingerprint density at radius 3 is 2.57 bits per heavy atom. The Hall–Kier alpha value is -0.360. The summed E-state index contributed by atoms with van der Waals surface area (Å²) >= 11 is 11.6. The first-order valence-electron chi connectivity index (χ1n) is 7.14. The molecule has 21 heavy (non-hydrogen) atoms. The third-order valence-corrected chi connectivity index (χ3v) is 6.21. The van der Waals surface area contributed by atoms with E-state index in [1.165, 1.54) is 12.3 Å². The fourth-order valence-corrected chi connectivity index (χ4v) is 4.55. The van der Waals surface area contributed by atoms with Crippen molar-refractivity contribution in [2.45, 2.75) is 50.5 Å². The standard InChI is InChI=1S/C14H20Cl2N2O2S/c1-9(2)11-5-3-4-6-13(11)18-21(19,20)10-7-12(15)14(16)17-8-10/h7-9,11,13,18H,3-6H2,1-2H3. The first-order chi connectivity index (χ1) is 9.81. The van der Waals surface area contributed by atoms with Crippen molar-refractivity contribution in [1.29, 1.82) is 0 Å². The van der Waals surface area contributed by atoms with Gasteiger partial charge in [-0.3, -0.25) is 0 Å². The van der Waals surface area contributed by atoms with Gasteiger partial charge in [0.15, 0.2) is 0 Å². The van der Waals surface area contributed by atoms with Crippen LogP contribution in [0.25, 0.3) is 0 Å². The van der Waals surface area contributed by atoms with E-state index in [2.05, 4.69) is 23.6 Å². The molecular weight excluding hydrogens is 331 g/mol. The van der Waals surface area contributed by atoms with Gasteiger partial charge in [-0.15, -0.1) is 0 Å². The third kappa shape index (κ3) is 4.09. The highest BCUT2D eigenvalue weighted by Gasteiger charge is 2.31. The fraction of sp³-hybridized carbons (Fsp3) is 0.643. The van der Waals surface area contributed by atoms with Gasteiger partial charge in [0.1, 0.15) is 10.0 Å². The van der Waals surface area contributed by atoms with Crippen LogP contribution in [-0.2, 0) is 10.0 Å². The lowest BCUT2D eigenvalue weighted by Gasteiger charge is -2.34. The molecule has 1 N–H and O–H groups in total. The van der Waals surface area contributed by atoms with Crippen molar-refractivity contribution in [2.24, 2.45) is 11.8 Å². The van der Waals surface area contributed by atoms with E-state index in [1.807, 2.05) is 0 Å². The second-order valence-corrected chi connectivity index (χ2v) is 8.34. The molecule has 1 heterocycles. The molecular formula is C14H20Cl2N2O2S. The second-order valence-electron chi connectivity index (χ2n) is 5.86. The SMILES string of the molecule is CC(C)C1CCCCC1NS(=O)(=O)c1cnc(Cl)c(Cl)c1. The van der Waals surface area contributed by atoms with Crippen molar-refractivity contribution in [1.82, 2.24) is 9.71 Å². The molecule has 0 amide bonds. The number of pyridine rings is 1. The molecule has 4 nitrogen and oxygen atoms in total. The van der Waals surface area contributed by atoms with Crippen LogP contribution in [0.4, 0.5) is 0 Å². The number of aromatic nitrogens is 1. The molecule has 1 aliphatic rings. The van der Waals surface area contributed by atoms with Gasteiger partial charge < -0.3 is 0 Å². The lowest BCUT2D eigenvalue weighted by atomic mass is 9.78. The van der Waals surface area contributed by atoms with Crippen molar-refractivity contribution in [3.8, 4) is 0 Å². The summed E-state index contributed by atoms with van der Waals surface area (Å²) in [7, 11) is -3.62. The van der Waals surface area contributed by atoms with E-state index < -0.39 is 10.0 Å². The van der Waals surface area contributed by atoms with Crippen molar-refractivity contribution in [2.75, 3.05) is 0 Å². The monoisotopic (exact) mass is 350 g/mol. The third-order valence-electron chi connectivity index (χ3n) is 4.06. The molecule has 1 fully saturated rings. The lowest BCUT2D eigenvalue weighted by Crippen LogP contribution is -2.43. The minimum absolute atomic E-state index is 0.0294. The zero-order chi connectivity index (χ0) is 15.6. The van der Waals surface area contributed by atoms with Crippen molar-refractivity contribution < 1.29 is 8.42 Å². The van der Waals surface area contributed by atoms with Gasteiger partial charge >= 0.3 is 0 Å². The molecule has 1 aliphatic carbocycles. The number of hydrogen-bond donors (Lipinski definition) is 1. The maximum Gasteiger partial charge on any atom is 0.242 e. The van der Waals surface area contributed by atoms with Gasteiger partial charge in [0, 0.05) is 12.2 Å². The summed E-state index contributed by atoms with van der Waals surface area (Å²) in [5.41, 5.74) is 0. The summed E-state index contributed by atoms with van der Waals surface area (Å²) in [5.74, 6) is 0.814. The van der Waals surface area contributed by atoms with Gasteiger partial charge in [0.05, 0.1) is 5.02 Å². The highest BCUT2D eigenvalue weighted by atomic mass is 35.5. The number of nitrogens with zero attached hydrogens (tertiary/aromatic N) is 1. The van der Waals surface area contributed by atoms with E-state index in [9.17, 15) is 8.42 Å². The Balaban J connectivity index is 2.21. The second kappa shape index (κ2) is 6.82. The van der Waals surface area contributed by atoms with Crippen LogP contribution in [0, 0.1) is 11.8 Å². The van der Waals surface area contributed by atoms with E-state index in [4.69, 9.17) is 23.2 Å². The quantitative estimate of drug-likeness (QED) is 0.838. The maximum atomic E-state index is 12.5. The summed E-state index contributed by atoms with van der Waals surface area (Å²) in [6.07, 6.45) is 5.39. The lowest BCUT2D eigenvalue weighted by molar-refractivity contribution is 0.226. The molecule has 2 atom stereocenters. The topological polar surface area (TPSA) is 59.1 Å². The van der Waals surface area contributed by atoms with Crippen molar-refractivity contribution in [3.05, 3.63) is 22.4 Å². The molecule has 1 aromatic heterocycles. The maximum absolute atomic E-state index is 12.5. The van der Waals surface area contributed by atoms with Crippen molar-refractivity contribution >= 4 is 33.2 Å². The number of hydrogen-bond acceptors (Lipinski definition) is 3. The minimum Gasteiger partial charge on any atom is -0.242 e. The normalized spacial score (nSPS) is 23.5. The molecule has 0 saturated heterocycles. The molecule has 0 aromatic carbocycles. The summed E-state index contributed by atoms with van der Waals surface area (Å²) in [5, 5.41) is 0.247. The van der Waals surface area contributed by atoms with Crippen LogP contribution in [-0.4, -0.2) is 19.4 Å². The van der Waals surface area contributed by atoms with Crippen LogP contribution < -0.4 is 4.72 Å². The van der Waals surface area contributed by atoms with Gasteiger partial charge in [-0.25, -0.2) is 18.1 Å². The van der Waals surface area contributed by atoms with Crippen LogP contribution in [0.3, 0.4) is 0 Å². The van der Waals surface area contributed by atoms with E-state index in [-0.39, 0.29) is 21.1 Å². The van der Waals surface area contributed by atoms with Crippen LogP contribution in [0.2, 0.25) is 10.2 Å². The number of rotatable bonds is 4. The van der Waals surface area contributed by atoms with E-state index in [1.54, 1.807) is 0 Å². The summed E-state index contributed by atoms with van der Waals surface area (Å²) in [4.78, 5) is 3.87. The number of nitrogens with one attached hydrogen (secondary N) is 1. The fourth-order valence-electron chi connectivity index (χ4n) is 2.92. The number of sulfonamides is 1. The van der Waals surface area contributed by atoms with Crippen molar-refractivity contribution in [3.63, 3.8) is 0 Å². The summed E-state index contributed by atoms with van der Waals surface area (Å²) in [6, 6.07) is 1.31. The zero-order valence-electron chi connectivity index (χ0n) is 12.1. The van der Waals surface area contributed by atoms with Gasteiger partial charge in [0.2, 0.25) is 10.0 Å². The van der Waals surface area contributed by atoms with E-state index in [0.29, 0.717) is 11.8 Å². The molecule has 0 spiro atoms. The van der Waals surface area contributed by atoms with Crippen LogP contribution in [0.5, 0.6) is 0 Å². The Morgan fingerprint density at radius 2 is 1.95 bits per heavy atom. The van der Waals surface area contributed by atoms with E-state index in [0.717, 1.165) is 25.7 Å². The average molecular weight is 351 g/mol. The molecule has 2 rings (SSSR count). The minimum atomic E-state index is -3.62. The largest absolute Gasteiger partial charge is 0.242 e. The van der Waals surface area contributed by atoms with Crippen LogP contribution >= 0.6 is 23.2 Å². The Morgan fingerprint density at radius 1 is 1.29 bits per heavy atom.